The topological polar surface area (TPSA) is 97.1 Å². The maximum Gasteiger partial charge on any atom is 0.279 e. The molecule has 2 amide bonds. The maximum absolute atomic E-state index is 12.4. The number of nitrogens with one attached hydrogen (secondary N) is 2. The van der Waals surface area contributed by atoms with Gasteiger partial charge in [0.25, 0.3) is 5.91 Å². The van der Waals surface area contributed by atoms with Gasteiger partial charge in [-0.2, -0.15) is 4.98 Å². The highest BCUT2D eigenvalue weighted by Crippen LogP contribution is 2.28. The van der Waals surface area contributed by atoms with E-state index in [1.54, 1.807) is 0 Å². The molecular weight excluding hydrogens is 400 g/mol. The van der Waals surface area contributed by atoms with Gasteiger partial charge in [-0.1, -0.05) is 41.4 Å². The first-order valence-corrected chi connectivity index (χ1v) is 11.0. The number of amides is 2. The van der Waals surface area contributed by atoms with E-state index >= 15 is 0 Å². The summed E-state index contributed by atoms with van der Waals surface area (Å²) in [5.41, 5.74) is 8.26. The van der Waals surface area contributed by atoms with Gasteiger partial charge < -0.3 is 4.52 Å². The van der Waals surface area contributed by atoms with E-state index in [1.165, 1.54) is 41.0 Å². The predicted octanol–water partition coefficient (Wildman–Crippen LogP) is 3.77. The van der Waals surface area contributed by atoms with Crippen LogP contribution in [0.25, 0.3) is 11.4 Å². The molecule has 0 saturated heterocycles. The van der Waals surface area contributed by atoms with Crippen LogP contribution in [0, 0.1) is 6.92 Å². The molecule has 4 rings (SSSR count). The summed E-state index contributed by atoms with van der Waals surface area (Å²) < 4.78 is 5.22. The standard InChI is InChI=1S/C22H24N4O3S/c1-14-7-9-15(10-8-14)21-23-20(29-26-21)12-11-19(27)24-25-22(28)18-13-16-5-3-2-4-6-17(16)30-18/h7-10,13H,2-6,11-12H2,1H3,(H,24,27)(H,25,28). The zero-order chi connectivity index (χ0) is 20.9. The smallest absolute Gasteiger partial charge is 0.279 e. The van der Waals surface area contributed by atoms with Crippen LogP contribution in [0.4, 0.5) is 0 Å². The zero-order valence-corrected chi connectivity index (χ0v) is 17.7. The average molecular weight is 425 g/mol. The lowest BCUT2D eigenvalue weighted by Gasteiger charge is -2.05. The van der Waals surface area contributed by atoms with E-state index in [1.807, 2.05) is 37.3 Å². The fraction of sp³-hybridized carbons (Fsp3) is 0.364. The molecule has 0 radical (unpaired) electrons. The first kappa shape index (κ1) is 20.3. The van der Waals surface area contributed by atoms with E-state index < -0.39 is 0 Å². The third-order valence-corrected chi connectivity index (χ3v) is 6.37. The van der Waals surface area contributed by atoms with Crippen molar-refractivity contribution >= 4 is 23.2 Å². The highest BCUT2D eigenvalue weighted by Gasteiger charge is 2.17. The van der Waals surface area contributed by atoms with E-state index in [0.717, 1.165) is 24.0 Å². The third-order valence-electron chi connectivity index (χ3n) is 5.13. The zero-order valence-electron chi connectivity index (χ0n) is 16.9. The fourth-order valence-electron chi connectivity index (χ4n) is 3.43. The summed E-state index contributed by atoms with van der Waals surface area (Å²) in [5.74, 6) is 0.294. The van der Waals surface area contributed by atoms with Crippen molar-refractivity contribution in [3.63, 3.8) is 0 Å². The molecule has 7 nitrogen and oxygen atoms in total. The summed E-state index contributed by atoms with van der Waals surface area (Å²) in [6.45, 7) is 2.01. The van der Waals surface area contributed by atoms with Crippen molar-refractivity contribution in [1.82, 2.24) is 21.0 Å². The van der Waals surface area contributed by atoms with Crippen molar-refractivity contribution in [2.45, 2.75) is 51.9 Å². The van der Waals surface area contributed by atoms with Crippen LogP contribution in [0.15, 0.2) is 34.9 Å². The van der Waals surface area contributed by atoms with Gasteiger partial charge in [-0.25, -0.2) is 0 Å². The van der Waals surface area contributed by atoms with Gasteiger partial charge in [0.1, 0.15) is 0 Å². The number of benzene rings is 1. The molecule has 0 fully saturated rings. The Labute approximate surface area is 178 Å². The number of carbonyl (C=O) groups excluding carboxylic acids is 2. The molecule has 0 bridgehead atoms. The largest absolute Gasteiger partial charge is 0.339 e. The van der Waals surface area contributed by atoms with Crippen LogP contribution in [0.1, 0.15) is 57.2 Å². The minimum atomic E-state index is -0.309. The van der Waals surface area contributed by atoms with Gasteiger partial charge in [0, 0.05) is 23.3 Å². The summed E-state index contributed by atoms with van der Waals surface area (Å²) in [6, 6.07) is 9.77. The van der Waals surface area contributed by atoms with E-state index in [4.69, 9.17) is 4.52 Å². The number of carbonyl (C=O) groups is 2. The van der Waals surface area contributed by atoms with Crippen LogP contribution < -0.4 is 10.9 Å². The molecule has 1 aromatic carbocycles. The van der Waals surface area contributed by atoms with E-state index in [9.17, 15) is 9.59 Å². The van der Waals surface area contributed by atoms with Crippen LogP contribution in [0.3, 0.4) is 0 Å². The van der Waals surface area contributed by atoms with Gasteiger partial charge in [0.2, 0.25) is 17.6 Å². The maximum atomic E-state index is 12.4. The molecule has 1 aliphatic rings. The van der Waals surface area contributed by atoms with Crippen LogP contribution in [-0.4, -0.2) is 22.0 Å². The Bertz CT molecular complexity index is 1020. The van der Waals surface area contributed by atoms with Gasteiger partial charge >= 0.3 is 0 Å². The SMILES string of the molecule is Cc1ccc(-c2noc(CCC(=O)NNC(=O)c3cc4c(s3)CCCCC4)n2)cc1. The summed E-state index contributed by atoms with van der Waals surface area (Å²) >= 11 is 1.52. The van der Waals surface area contributed by atoms with Crippen LogP contribution in [-0.2, 0) is 24.1 Å². The molecule has 2 heterocycles. The van der Waals surface area contributed by atoms with Crippen molar-refractivity contribution in [3.8, 4) is 11.4 Å². The summed E-state index contributed by atoms with van der Waals surface area (Å²) in [6.07, 6.45) is 6.08. The minimum absolute atomic E-state index is 0.136. The predicted molar refractivity (Wildman–Crippen MR) is 114 cm³/mol. The number of aryl methyl sites for hydroxylation is 4. The third kappa shape index (κ3) is 4.94. The lowest BCUT2D eigenvalue weighted by molar-refractivity contribution is -0.121. The van der Waals surface area contributed by atoms with Gasteiger partial charge in [-0.3, -0.25) is 20.4 Å². The second-order valence-electron chi connectivity index (χ2n) is 7.50. The van der Waals surface area contributed by atoms with E-state index in [0.29, 0.717) is 23.0 Å². The Morgan fingerprint density at radius 2 is 1.90 bits per heavy atom. The van der Waals surface area contributed by atoms with E-state index in [-0.39, 0.29) is 18.2 Å². The first-order valence-electron chi connectivity index (χ1n) is 10.2. The van der Waals surface area contributed by atoms with Crippen molar-refractivity contribution < 1.29 is 14.1 Å². The first-order chi connectivity index (χ1) is 14.6. The van der Waals surface area contributed by atoms with Crippen molar-refractivity contribution in [2.24, 2.45) is 0 Å². The van der Waals surface area contributed by atoms with Gasteiger partial charge in [0.15, 0.2) is 0 Å². The quantitative estimate of drug-likeness (QED) is 0.480. The van der Waals surface area contributed by atoms with Crippen LogP contribution >= 0.6 is 11.3 Å². The second-order valence-corrected chi connectivity index (χ2v) is 8.64. The molecule has 2 aromatic heterocycles. The average Bonchev–Trinajstić information content (AvgIpc) is 3.33. The molecule has 0 spiro atoms. The normalized spacial score (nSPS) is 13.4. The fourth-order valence-corrected chi connectivity index (χ4v) is 4.58. The summed E-state index contributed by atoms with van der Waals surface area (Å²) in [4.78, 5) is 30.7. The molecule has 2 N–H and O–H groups in total. The molecule has 1 aliphatic carbocycles. The number of fused-ring (bicyclic) bond motifs is 1. The molecule has 0 saturated carbocycles. The highest BCUT2D eigenvalue weighted by atomic mass is 32.1. The minimum Gasteiger partial charge on any atom is -0.339 e. The summed E-state index contributed by atoms with van der Waals surface area (Å²) in [5, 5.41) is 3.96. The Kier molecular flexibility index (Phi) is 6.23. The molecule has 3 aromatic rings. The van der Waals surface area contributed by atoms with Gasteiger partial charge in [-0.15, -0.1) is 11.3 Å². The van der Waals surface area contributed by atoms with Crippen molar-refractivity contribution in [3.05, 3.63) is 57.1 Å². The van der Waals surface area contributed by atoms with Crippen LogP contribution in [0.5, 0.6) is 0 Å². The molecule has 0 unspecified atom stereocenters. The number of thiophene rings is 1. The van der Waals surface area contributed by atoms with Crippen molar-refractivity contribution in [2.75, 3.05) is 0 Å². The molecule has 0 atom stereocenters. The monoisotopic (exact) mass is 424 g/mol. The van der Waals surface area contributed by atoms with E-state index in [2.05, 4.69) is 21.0 Å². The molecule has 8 heteroatoms. The molecule has 156 valence electrons. The van der Waals surface area contributed by atoms with Crippen molar-refractivity contribution in [1.29, 1.82) is 0 Å². The van der Waals surface area contributed by atoms with Gasteiger partial charge in [-0.05, 0) is 44.2 Å². The highest BCUT2D eigenvalue weighted by molar-refractivity contribution is 7.14. The number of aromatic nitrogens is 2. The molecule has 30 heavy (non-hydrogen) atoms. The number of hydrogen-bond donors (Lipinski definition) is 2. The number of hydrazine groups is 1. The number of nitrogens with zero attached hydrogens (tertiary/aromatic N) is 2. The molecular formula is C22H24N4O3S. The Morgan fingerprint density at radius 1 is 1.10 bits per heavy atom. The number of rotatable bonds is 5. The van der Waals surface area contributed by atoms with Crippen LogP contribution in [0.2, 0.25) is 0 Å². The van der Waals surface area contributed by atoms with Gasteiger partial charge in [0.05, 0.1) is 4.88 Å². The lowest BCUT2D eigenvalue weighted by atomic mass is 10.1. The number of hydrogen-bond acceptors (Lipinski definition) is 6. The lowest BCUT2D eigenvalue weighted by Crippen LogP contribution is -2.41. The summed E-state index contributed by atoms with van der Waals surface area (Å²) in [7, 11) is 0. The Balaban J connectivity index is 1.25. The Hall–Kier alpha value is -3.00. The molecule has 0 aliphatic heterocycles. The second kappa shape index (κ2) is 9.21. The Morgan fingerprint density at radius 3 is 2.73 bits per heavy atom.